The molecule has 0 radical (unpaired) electrons. The Morgan fingerprint density at radius 2 is 2.20 bits per heavy atom. The highest BCUT2D eigenvalue weighted by Crippen LogP contribution is 2.21. The van der Waals surface area contributed by atoms with Crippen molar-refractivity contribution in [1.82, 2.24) is 15.2 Å². The monoisotopic (exact) mass is 341 g/mol. The number of nitrogens with zero attached hydrogens (tertiary/aromatic N) is 1. The van der Waals surface area contributed by atoms with Crippen LogP contribution < -0.4 is 5.32 Å². The Kier molecular flexibility index (Phi) is 5.41. The number of rotatable bonds is 5. The van der Waals surface area contributed by atoms with Gasteiger partial charge >= 0.3 is 0 Å². The molecule has 25 heavy (non-hydrogen) atoms. The summed E-state index contributed by atoms with van der Waals surface area (Å²) in [7, 11) is 0. The maximum absolute atomic E-state index is 12.8. The van der Waals surface area contributed by atoms with Crippen molar-refractivity contribution in [2.75, 3.05) is 13.1 Å². The molecule has 2 N–H and O–H groups in total. The smallest absolute Gasteiger partial charge is 0.253 e. The summed E-state index contributed by atoms with van der Waals surface area (Å²) in [6.45, 7) is 5.38. The van der Waals surface area contributed by atoms with Crippen molar-refractivity contribution in [2.45, 2.75) is 45.6 Å². The summed E-state index contributed by atoms with van der Waals surface area (Å²) in [6.07, 6.45) is 5.63. The Labute approximate surface area is 148 Å². The highest BCUT2D eigenvalue weighted by molar-refractivity contribution is 5.98. The fourth-order valence-electron chi connectivity index (χ4n) is 3.60. The predicted molar refractivity (Wildman–Crippen MR) is 99.4 cm³/mol. The van der Waals surface area contributed by atoms with E-state index in [4.69, 9.17) is 0 Å². The number of carbonyl (C=O) groups is 2. The highest BCUT2D eigenvalue weighted by atomic mass is 16.2. The van der Waals surface area contributed by atoms with Crippen LogP contribution in [0.2, 0.25) is 0 Å². The van der Waals surface area contributed by atoms with E-state index >= 15 is 0 Å². The summed E-state index contributed by atoms with van der Waals surface area (Å²) in [6, 6.07) is 7.90. The lowest BCUT2D eigenvalue weighted by Gasteiger charge is -2.32. The van der Waals surface area contributed by atoms with E-state index in [0.717, 1.165) is 43.1 Å². The molecule has 0 spiro atoms. The van der Waals surface area contributed by atoms with Gasteiger partial charge in [0.05, 0.1) is 5.92 Å². The Balaban J connectivity index is 1.65. The molecule has 1 aromatic carbocycles. The van der Waals surface area contributed by atoms with Crippen LogP contribution in [0.15, 0.2) is 30.5 Å². The molecule has 0 saturated carbocycles. The summed E-state index contributed by atoms with van der Waals surface area (Å²) in [4.78, 5) is 30.3. The second-order valence-electron chi connectivity index (χ2n) is 7.07. The predicted octanol–water partition coefficient (Wildman–Crippen LogP) is 3.32. The van der Waals surface area contributed by atoms with Gasteiger partial charge in [0.15, 0.2) is 0 Å². The Hall–Kier alpha value is -2.30. The molecule has 1 fully saturated rings. The van der Waals surface area contributed by atoms with Crippen molar-refractivity contribution in [2.24, 2.45) is 5.92 Å². The van der Waals surface area contributed by atoms with Crippen LogP contribution in [0.1, 0.15) is 49.9 Å². The lowest BCUT2D eigenvalue weighted by molar-refractivity contribution is -0.127. The van der Waals surface area contributed by atoms with Crippen molar-refractivity contribution < 1.29 is 9.59 Å². The average molecular weight is 341 g/mol. The number of amides is 2. The van der Waals surface area contributed by atoms with Gasteiger partial charge in [-0.05, 0) is 49.8 Å². The van der Waals surface area contributed by atoms with Gasteiger partial charge in [0.2, 0.25) is 5.91 Å². The lowest BCUT2D eigenvalue weighted by atomic mass is 9.96. The first-order chi connectivity index (χ1) is 12.1. The molecular weight excluding hydrogens is 314 g/mol. The van der Waals surface area contributed by atoms with Crippen LogP contribution in [0.25, 0.3) is 10.9 Å². The summed E-state index contributed by atoms with van der Waals surface area (Å²) in [5.74, 6) is -0.0138. The van der Waals surface area contributed by atoms with E-state index in [1.165, 1.54) is 0 Å². The summed E-state index contributed by atoms with van der Waals surface area (Å²) in [5.41, 5.74) is 1.64. The number of carbonyl (C=O) groups excluding carboxylic acids is 2. The second kappa shape index (κ2) is 7.72. The van der Waals surface area contributed by atoms with Crippen molar-refractivity contribution in [1.29, 1.82) is 0 Å². The maximum atomic E-state index is 12.8. The summed E-state index contributed by atoms with van der Waals surface area (Å²) < 4.78 is 0. The minimum atomic E-state index is -0.105. The fraction of sp³-hybridized carbons (Fsp3) is 0.500. The van der Waals surface area contributed by atoms with Crippen molar-refractivity contribution >= 4 is 22.7 Å². The van der Waals surface area contributed by atoms with Gasteiger partial charge in [-0.1, -0.05) is 19.4 Å². The second-order valence-corrected chi connectivity index (χ2v) is 7.07. The van der Waals surface area contributed by atoms with E-state index in [0.29, 0.717) is 12.1 Å². The first-order valence-corrected chi connectivity index (χ1v) is 9.25. The van der Waals surface area contributed by atoms with E-state index in [9.17, 15) is 9.59 Å². The topological polar surface area (TPSA) is 65.2 Å². The van der Waals surface area contributed by atoms with E-state index in [2.05, 4.69) is 17.2 Å². The SMILES string of the molecule is CCC[C@H](C)NC(=O)[C@H]1CCCN(C(=O)c2ccc3cc[nH]c3c2)C1. The Morgan fingerprint density at radius 3 is 3.00 bits per heavy atom. The minimum Gasteiger partial charge on any atom is -0.361 e. The van der Waals surface area contributed by atoms with Gasteiger partial charge in [0.1, 0.15) is 0 Å². The number of aromatic amines is 1. The lowest BCUT2D eigenvalue weighted by Crippen LogP contribution is -2.47. The van der Waals surface area contributed by atoms with Crippen molar-refractivity contribution in [3.63, 3.8) is 0 Å². The van der Waals surface area contributed by atoms with Gasteiger partial charge < -0.3 is 15.2 Å². The van der Waals surface area contributed by atoms with Crippen molar-refractivity contribution in [3.05, 3.63) is 36.0 Å². The van der Waals surface area contributed by atoms with Gasteiger partial charge in [-0.25, -0.2) is 0 Å². The third kappa shape index (κ3) is 4.03. The normalized spacial score (nSPS) is 19.0. The molecule has 2 atom stereocenters. The number of nitrogens with one attached hydrogen (secondary N) is 2. The largest absolute Gasteiger partial charge is 0.361 e. The number of likely N-dealkylation sites (tertiary alicyclic amines) is 1. The van der Waals surface area contributed by atoms with E-state index in [-0.39, 0.29) is 23.8 Å². The molecule has 3 rings (SSSR count). The number of benzene rings is 1. The van der Waals surface area contributed by atoms with Crippen LogP contribution in [-0.2, 0) is 4.79 Å². The Morgan fingerprint density at radius 1 is 1.36 bits per heavy atom. The zero-order chi connectivity index (χ0) is 17.8. The summed E-state index contributed by atoms with van der Waals surface area (Å²) >= 11 is 0. The van der Waals surface area contributed by atoms with Crippen LogP contribution in [0.4, 0.5) is 0 Å². The standard InChI is InChI=1S/C20H27N3O2/c1-3-5-14(2)22-19(24)17-6-4-11-23(13-17)20(25)16-8-7-15-9-10-21-18(15)12-16/h7-10,12,14,17,21H,3-6,11,13H2,1-2H3,(H,22,24)/t14-,17-/m0/s1. The quantitative estimate of drug-likeness (QED) is 0.876. The van der Waals surface area contributed by atoms with Crippen LogP contribution >= 0.6 is 0 Å². The molecule has 0 unspecified atom stereocenters. The van der Waals surface area contributed by atoms with Crippen molar-refractivity contribution in [3.8, 4) is 0 Å². The first-order valence-electron chi connectivity index (χ1n) is 9.25. The Bertz CT molecular complexity index is 752. The van der Waals surface area contributed by atoms with Crippen LogP contribution in [0.5, 0.6) is 0 Å². The van der Waals surface area contributed by atoms with Crippen LogP contribution in [-0.4, -0.2) is 40.8 Å². The number of hydrogen-bond acceptors (Lipinski definition) is 2. The molecule has 5 heteroatoms. The van der Waals surface area contributed by atoms with E-state index < -0.39 is 0 Å². The molecule has 2 aromatic rings. The molecule has 1 aromatic heterocycles. The molecule has 134 valence electrons. The van der Waals surface area contributed by atoms with Crippen LogP contribution in [0, 0.1) is 5.92 Å². The zero-order valence-corrected chi connectivity index (χ0v) is 15.0. The fourth-order valence-corrected chi connectivity index (χ4v) is 3.60. The molecule has 0 aliphatic carbocycles. The molecule has 2 heterocycles. The average Bonchev–Trinajstić information content (AvgIpc) is 3.09. The van der Waals surface area contributed by atoms with E-state index in [1.807, 2.05) is 42.3 Å². The number of H-pyrrole nitrogens is 1. The van der Waals surface area contributed by atoms with E-state index in [1.54, 1.807) is 0 Å². The number of aromatic nitrogens is 1. The maximum Gasteiger partial charge on any atom is 0.253 e. The molecule has 0 bridgehead atoms. The summed E-state index contributed by atoms with van der Waals surface area (Å²) in [5, 5.41) is 4.18. The first kappa shape index (κ1) is 17.5. The number of piperidine rings is 1. The van der Waals surface area contributed by atoms with Gasteiger partial charge in [0, 0.05) is 36.4 Å². The van der Waals surface area contributed by atoms with Gasteiger partial charge in [-0.2, -0.15) is 0 Å². The third-order valence-electron chi connectivity index (χ3n) is 4.99. The third-order valence-corrected chi connectivity index (χ3v) is 4.99. The van der Waals surface area contributed by atoms with Gasteiger partial charge in [-0.15, -0.1) is 0 Å². The minimum absolute atomic E-state index is 0.00982. The number of hydrogen-bond donors (Lipinski definition) is 2. The van der Waals surface area contributed by atoms with Gasteiger partial charge in [-0.3, -0.25) is 9.59 Å². The van der Waals surface area contributed by atoms with Gasteiger partial charge in [0.25, 0.3) is 5.91 Å². The molecule has 1 aliphatic heterocycles. The zero-order valence-electron chi connectivity index (χ0n) is 15.0. The van der Waals surface area contributed by atoms with Crippen LogP contribution in [0.3, 0.4) is 0 Å². The molecule has 5 nitrogen and oxygen atoms in total. The molecule has 1 saturated heterocycles. The molecule has 2 amide bonds. The number of fused-ring (bicyclic) bond motifs is 1. The molecular formula is C20H27N3O2. The highest BCUT2D eigenvalue weighted by Gasteiger charge is 2.29. The molecule has 1 aliphatic rings.